The summed E-state index contributed by atoms with van der Waals surface area (Å²) in [6.45, 7) is 4.27. The summed E-state index contributed by atoms with van der Waals surface area (Å²) in [4.78, 5) is 43.5. The van der Waals surface area contributed by atoms with Crippen molar-refractivity contribution in [3.8, 4) is 5.69 Å². The molecular formula is C26H22F3N3O4. The highest BCUT2D eigenvalue weighted by Crippen LogP contribution is 2.33. The van der Waals surface area contributed by atoms with Gasteiger partial charge in [0.1, 0.15) is 5.56 Å². The summed E-state index contributed by atoms with van der Waals surface area (Å²) in [5, 5.41) is 0.854. The van der Waals surface area contributed by atoms with Crippen molar-refractivity contribution in [2.24, 2.45) is 0 Å². The first-order valence-corrected chi connectivity index (χ1v) is 11.1. The highest BCUT2D eigenvalue weighted by molar-refractivity contribution is 5.89. The van der Waals surface area contributed by atoms with Crippen LogP contribution in [0.15, 0.2) is 64.4 Å². The third kappa shape index (κ3) is 4.53. The van der Waals surface area contributed by atoms with E-state index in [2.05, 4.69) is 4.98 Å². The fourth-order valence-corrected chi connectivity index (χ4v) is 4.04. The number of fused-ring (bicyclic) bond motifs is 1. The second kappa shape index (κ2) is 9.44. The number of hydrogen-bond acceptors (Lipinski definition) is 5. The molecule has 0 aliphatic carbocycles. The van der Waals surface area contributed by atoms with Gasteiger partial charge in [-0.15, -0.1) is 0 Å². The van der Waals surface area contributed by atoms with E-state index in [1.54, 1.807) is 31.3 Å². The molecule has 0 bridgehead atoms. The Hall–Kier alpha value is -4.21. The summed E-state index contributed by atoms with van der Waals surface area (Å²) in [5.74, 6) is -0.944. The molecule has 0 fully saturated rings. The topological polar surface area (TPSA) is 83.2 Å². The summed E-state index contributed by atoms with van der Waals surface area (Å²) < 4.78 is 47.1. The second-order valence-electron chi connectivity index (χ2n) is 8.22. The van der Waals surface area contributed by atoms with Crippen LogP contribution in [0.25, 0.3) is 16.6 Å². The van der Waals surface area contributed by atoms with Crippen molar-refractivity contribution in [1.29, 1.82) is 0 Å². The number of aryl methyl sites for hydroxylation is 1. The fourth-order valence-electron chi connectivity index (χ4n) is 4.04. The molecule has 0 aliphatic heterocycles. The van der Waals surface area contributed by atoms with Crippen molar-refractivity contribution in [2.45, 2.75) is 33.5 Å². The zero-order valence-corrected chi connectivity index (χ0v) is 19.7. The molecule has 2 aromatic heterocycles. The van der Waals surface area contributed by atoms with Crippen LogP contribution in [-0.4, -0.2) is 26.7 Å². The first kappa shape index (κ1) is 24.9. The molecule has 7 nitrogen and oxygen atoms in total. The molecule has 10 heteroatoms. The van der Waals surface area contributed by atoms with Crippen LogP contribution in [0.3, 0.4) is 0 Å². The van der Waals surface area contributed by atoms with Gasteiger partial charge in [-0.2, -0.15) is 13.2 Å². The minimum absolute atomic E-state index is 0.0106. The minimum atomic E-state index is -4.60. The molecule has 0 saturated heterocycles. The molecule has 0 unspecified atom stereocenters. The Morgan fingerprint density at radius 3 is 2.53 bits per heavy atom. The summed E-state index contributed by atoms with van der Waals surface area (Å²) in [5.41, 5.74) is -1.19. The van der Waals surface area contributed by atoms with Gasteiger partial charge in [0.15, 0.2) is 0 Å². The molecule has 186 valence electrons. The number of hydrogen-bond donors (Lipinski definition) is 0. The van der Waals surface area contributed by atoms with Crippen molar-refractivity contribution < 1.29 is 22.7 Å². The summed E-state index contributed by atoms with van der Waals surface area (Å²) >= 11 is 0. The van der Waals surface area contributed by atoms with E-state index in [0.29, 0.717) is 11.2 Å². The predicted molar refractivity (Wildman–Crippen MR) is 128 cm³/mol. The van der Waals surface area contributed by atoms with Crippen LogP contribution in [0.5, 0.6) is 0 Å². The minimum Gasteiger partial charge on any atom is -0.462 e. The highest BCUT2D eigenvalue weighted by Gasteiger charge is 2.33. The van der Waals surface area contributed by atoms with Gasteiger partial charge in [-0.05, 0) is 61.7 Å². The van der Waals surface area contributed by atoms with Crippen LogP contribution < -0.4 is 11.2 Å². The lowest BCUT2D eigenvalue weighted by atomic mass is 10.0. The standard InChI is InChI=1S/C26H22F3N3O4/c1-4-36-24(34)20-14-31(18-8-9-19-15(2)10-11-30-22(19)12-18)25(35)32(23(20)33)13-17-6-5-7-21(16(17)3)26(27,28)29/h5-12,14H,4,13H2,1-3H3. The van der Waals surface area contributed by atoms with Crippen LogP contribution in [-0.2, 0) is 17.5 Å². The van der Waals surface area contributed by atoms with Gasteiger partial charge in [0.25, 0.3) is 5.56 Å². The third-order valence-corrected chi connectivity index (χ3v) is 5.97. The quantitative estimate of drug-likeness (QED) is 0.382. The average Bonchev–Trinajstić information content (AvgIpc) is 2.82. The lowest BCUT2D eigenvalue weighted by molar-refractivity contribution is -0.138. The number of carbonyl (C=O) groups excluding carboxylic acids is 1. The number of aromatic nitrogens is 3. The Morgan fingerprint density at radius 2 is 1.83 bits per heavy atom. The molecular weight excluding hydrogens is 475 g/mol. The monoisotopic (exact) mass is 497 g/mol. The maximum Gasteiger partial charge on any atom is 0.416 e. The van der Waals surface area contributed by atoms with E-state index in [1.807, 2.05) is 13.0 Å². The van der Waals surface area contributed by atoms with Crippen LogP contribution in [0.4, 0.5) is 13.2 Å². The number of ether oxygens (including phenoxy) is 1. The van der Waals surface area contributed by atoms with E-state index < -0.39 is 41.1 Å². The highest BCUT2D eigenvalue weighted by atomic mass is 19.4. The van der Waals surface area contributed by atoms with Gasteiger partial charge in [0.05, 0.1) is 29.9 Å². The second-order valence-corrected chi connectivity index (χ2v) is 8.22. The Balaban J connectivity index is 1.94. The Kier molecular flexibility index (Phi) is 6.53. The number of nitrogens with zero attached hydrogens (tertiary/aromatic N) is 3. The largest absolute Gasteiger partial charge is 0.462 e. The van der Waals surface area contributed by atoms with E-state index in [1.165, 1.54) is 19.1 Å². The van der Waals surface area contributed by atoms with E-state index in [0.717, 1.165) is 32.3 Å². The zero-order valence-electron chi connectivity index (χ0n) is 19.7. The number of rotatable bonds is 5. The molecule has 36 heavy (non-hydrogen) atoms. The van der Waals surface area contributed by atoms with Gasteiger partial charge in [0, 0.05) is 17.8 Å². The summed E-state index contributed by atoms with van der Waals surface area (Å²) in [6.07, 6.45) is -1.89. The normalized spacial score (nSPS) is 11.6. The van der Waals surface area contributed by atoms with Crippen molar-refractivity contribution in [3.05, 3.63) is 104 Å². The zero-order chi connectivity index (χ0) is 26.2. The molecule has 2 heterocycles. The predicted octanol–water partition coefficient (Wildman–Crippen LogP) is 4.41. The molecule has 0 atom stereocenters. The van der Waals surface area contributed by atoms with E-state index >= 15 is 0 Å². The van der Waals surface area contributed by atoms with Gasteiger partial charge in [-0.3, -0.25) is 18.9 Å². The molecule has 0 N–H and O–H groups in total. The number of benzene rings is 2. The Morgan fingerprint density at radius 1 is 1.08 bits per heavy atom. The number of halogens is 3. The van der Waals surface area contributed by atoms with Crippen molar-refractivity contribution >= 4 is 16.9 Å². The molecule has 0 radical (unpaired) electrons. The Bertz CT molecular complexity index is 1600. The van der Waals surface area contributed by atoms with Gasteiger partial charge in [0.2, 0.25) is 0 Å². The van der Waals surface area contributed by atoms with Crippen molar-refractivity contribution in [1.82, 2.24) is 14.1 Å². The summed E-state index contributed by atoms with van der Waals surface area (Å²) in [6, 6.07) is 10.4. The number of carbonyl (C=O) groups is 1. The lowest BCUT2D eigenvalue weighted by Crippen LogP contribution is -2.42. The summed E-state index contributed by atoms with van der Waals surface area (Å²) in [7, 11) is 0. The van der Waals surface area contributed by atoms with Crippen LogP contribution in [0.1, 0.15) is 39.5 Å². The van der Waals surface area contributed by atoms with Gasteiger partial charge in [-0.25, -0.2) is 9.59 Å². The first-order valence-electron chi connectivity index (χ1n) is 11.1. The maximum atomic E-state index is 13.5. The van der Waals surface area contributed by atoms with E-state index in [-0.39, 0.29) is 17.7 Å². The van der Waals surface area contributed by atoms with Crippen LogP contribution in [0, 0.1) is 13.8 Å². The third-order valence-electron chi connectivity index (χ3n) is 5.97. The van der Waals surface area contributed by atoms with Crippen LogP contribution >= 0.6 is 0 Å². The lowest BCUT2D eigenvalue weighted by Gasteiger charge is -2.16. The molecule has 0 amide bonds. The molecule has 0 aliphatic rings. The fraction of sp³-hybridized carbons (Fsp3) is 0.231. The smallest absolute Gasteiger partial charge is 0.416 e. The SMILES string of the molecule is CCOC(=O)c1cn(-c2ccc3c(C)ccnc3c2)c(=O)n(Cc2cccc(C(F)(F)F)c2C)c1=O. The maximum absolute atomic E-state index is 13.5. The Labute approximate surface area is 203 Å². The first-order chi connectivity index (χ1) is 17.0. The molecule has 4 rings (SSSR count). The van der Waals surface area contributed by atoms with Gasteiger partial charge >= 0.3 is 17.8 Å². The van der Waals surface area contributed by atoms with Crippen molar-refractivity contribution in [3.63, 3.8) is 0 Å². The van der Waals surface area contributed by atoms with Crippen LogP contribution in [0.2, 0.25) is 0 Å². The molecule has 4 aromatic rings. The van der Waals surface area contributed by atoms with E-state index in [9.17, 15) is 27.6 Å². The average molecular weight is 497 g/mol. The molecule has 2 aromatic carbocycles. The number of pyridine rings is 1. The molecule has 0 spiro atoms. The van der Waals surface area contributed by atoms with Crippen molar-refractivity contribution in [2.75, 3.05) is 6.61 Å². The van der Waals surface area contributed by atoms with E-state index in [4.69, 9.17) is 4.74 Å². The number of esters is 1. The van der Waals surface area contributed by atoms with Gasteiger partial charge < -0.3 is 4.74 Å². The molecule has 0 saturated carbocycles. The van der Waals surface area contributed by atoms with Gasteiger partial charge in [-0.1, -0.05) is 18.2 Å². The number of alkyl halides is 3.